The molecule has 0 radical (unpaired) electrons. The van der Waals surface area contributed by atoms with Crippen LogP contribution in [0.5, 0.6) is 5.75 Å². The van der Waals surface area contributed by atoms with Crippen molar-refractivity contribution in [1.82, 2.24) is 0 Å². The summed E-state index contributed by atoms with van der Waals surface area (Å²) in [5, 5.41) is 24.7. The molecule has 172 valence electrons. The van der Waals surface area contributed by atoms with Crippen LogP contribution in [0.3, 0.4) is 0 Å². The van der Waals surface area contributed by atoms with Crippen LogP contribution in [0.15, 0.2) is 24.3 Å². The summed E-state index contributed by atoms with van der Waals surface area (Å²) in [6.07, 6.45) is 0.239. The molecule has 0 saturated carbocycles. The van der Waals surface area contributed by atoms with Gasteiger partial charge in [0.15, 0.2) is 11.6 Å². The fourth-order valence-corrected chi connectivity index (χ4v) is 4.54. The number of β-amino-alcohol motifs (C(OH)–C–C–N with tert-alkyl or cyclic N) is 1. The molecule has 2 heterocycles. The van der Waals surface area contributed by atoms with E-state index in [9.17, 15) is 23.8 Å². The van der Waals surface area contributed by atoms with Crippen molar-refractivity contribution in [2.45, 2.75) is 37.4 Å². The molecule has 0 aliphatic carbocycles. The van der Waals surface area contributed by atoms with Gasteiger partial charge in [-0.25, -0.2) is 8.78 Å². The molecule has 10 heteroatoms. The Labute approximate surface area is 193 Å². The second-order valence-electron chi connectivity index (χ2n) is 8.12. The minimum Gasteiger partial charge on any atom is -0.490 e. The maximum Gasteiger partial charge on any atom is 0.224 e. The molecule has 4 rings (SSSR count). The fourth-order valence-electron chi connectivity index (χ4n) is 4.12. The number of ether oxygens (including phenoxy) is 1. The number of rotatable bonds is 4. The van der Waals surface area contributed by atoms with E-state index in [1.807, 2.05) is 0 Å². The highest BCUT2D eigenvalue weighted by atomic mass is 35.5. The average molecular weight is 487 g/mol. The zero-order valence-corrected chi connectivity index (χ0v) is 18.5. The molecular formula is C22H22Cl2F2N2O4. The Morgan fingerprint density at radius 3 is 2.62 bits per heavy atom. The Morgan fingerprint density at radius 2 is 1.94 bits per heavy atom. The maximum atomic E-state index is 14.3. The Kier molecular flexibility index (Phi) is 6.49. The highest BCUT2D eigenvalue weighted by Gasteiger charge is 2.42. The Bertz CT molecular complexity index is 1030. The summed E-state index contributed by atoms with van der Waals surface area (Å²) < 4.78 is 34.4. The van der Waals surface area contributed by atoms with Crippen molar-refractivity contribution in [1.29, 1.82) is 0 Å². The smallest absolute Gasteiger partial charge is 0.224 e. The van der Waals surface area contributed by atoms with E-state index in [-0.39, 0.29) is 42.7 Å². The van der Waals surface area contributed by atoms with E-state index in [0.29, 0.717) is 35.7 Å². The number of hydrogen-bond donors (Lipinski definition) is 3. The number of anilines is 2. The standard InChI is InChI=1S/C22H22Cl2F2N2O4/c23-12-8-15(25)21(16(26)9-12)28-7-6-22(31,18(29)10-28)11-32-17-5-4-14(24)20-13(17)2-1-3-19(30)27-20/h4-5,8-9,18,29,31H,1-3,6-7,10-11H2,(H,27,30)/t18-,22-/m1/s1. The van der Waals surface area contributed by atoms with Crippen LogP contribution in [0.1, 0.15) is 24.8 Å². The lowest BCUT2D eigenvalue weighted by atomic mass is 9.89. The quantitative estimate of drug-likeness (QED) is 0.609. The largest absolute Gasteiger partial charge is 0.490 e. The molecule has 1 fully saturated rings. The van der Waals surface area contributed by atoms with Crippen LogP contribution < -0.4 is 15.0 Å². The Morgan fingerprint density at radius 1 is 1.22 bits per heavy atom. The predicted molar refractivity (Wildman–Crippen MR) is 118 cm³/mol. The monoisotopic (exact) mass is 486 g/mol. The van der Waals surface area contributed by atoms with Gasteiger partial charge in [-0.1, -0.05) is 23.2 Å². The molecule has 0 aromatic heterocycles. The molecule has 1 amide bonds. The number of carbonyl (C=O) groups excluding carboxylic acids is 1. The Balaban J connectivity index is 1.49. The third-order valence-electron chi connectivity index (χ3n) is 5.92. The molecule has 2 aliphatic heterocycles. The van der Waals surface area contributed by atoms with E-state index in [1.165, 1.54) is 4.90 Å². The molecular weight excluding hydrogens is 465 g/mol. The number of aliphatic hydroxyl groups is 2. The number of hydrogen-bond acceptors (Lipinski definition) is 5. The van der Waals surface area contributed by atoms with Crippen LogP contribution >= 0.6 is 23.2 Å². The highest BCUT2D eigenvalue weighted by Crippen LogP contribution is 2.38. The third-order valence-corrected chi connectivity index (χ3v) is 6.45. The number of nitrogens with zero attached hydrogens (tertiary/aromatic N) is 1. The van der Waals surface area contributed by atoms with Crippen LogP contribution in [0.25, 0.3) is 0 Å². The first-order chi connectivity index (χ1) is 15.2. The van der Waals surface area contributed by atoms with Crippen molar-refractivity contribution in [2.24, 2.45) is 0 Å². The van der Waals surface area contributed by atoms with Gasteiger partial charge in [0.25, 0.3) is 0 Å². The fraction of sp³-hybridized carbons (Fsp3) is 0.409. The zero-order valence-electron chi connectivity index (χ0n) is 17.0. The van der Waals surface area contributed by atoms with Crippen molar-refractivity contribution >= 4 is 40.5 Å². The zero-order chi connectivity index (χ0) is 23.0. The molecule has 3 N–H and O–H groups in total. The molecule has 1 saturated heterocycles. The number of carbonyl (C=O) groups is 1. The summed E-state index contributed by atoms with van der Waals surface area (Å²) in [6, 6.07) is 5.25. The van der Waals surface area contributed by atoms with Crippen molar-refractivity contribution in [3.8, 4) is 5.75 Å². The van der Waals surface area contributed by atoms with Crippen LogP contribution in [0.2, 0.25) is 10.0 Å². The van der Waals surface area contributed by atoms with Gasteiger partial charge in [-0.05, 0) is 43.5 Å². The Hall–Kier alpha value is -2.13. The maximum absolute atomic E-state index is 14.3. The first-order valence-electron chi connectivity index (χ1n) is 10.2. The van der Waals surface area contributed by atoms with Crippen LogP contribution in [-0.4, -0.2) is 47.5 Å². The van der Waals surface area contributed by atoms with E-state index in [2.05, 4.69) is 5.32 Å². The number of piperidine rings is 1. The summed E-state index contributed by atoms with van der Waals surface area (Å²) in [4.78, 5) is 13.2. The second-order valence-corrected chi connectivity index (χ2v) is 8.97. The van der Waals surface area contributed by atoms with Crippen LogP contribution in [0.4, 0.5) is 20.2 Å². The highest BCUT2D eigenvalue weighted by molar-refractivity contribution is 6.34. The number of halogens is 4. The van der Waals surface area contributed by atoms with E-state index in [0.717, 1.165) is 17.7 Å². The van der Waals surface area contributed by atoms with E-state index < -0.39 is 23.3 Å². The molecule has 6 nitrogen and oxygen atoms in total. The number of aliphatic hydroxyl groups excluding tert-OH is 1. The number of fused-ring (bicyclic) bond motifs is 1. The summed E-state index contributed by atoms with van der Waals surface area (Å²) in [5.74, 6) is -1.36. The molecule has 2 aromatic rings. The summed E-state index contributed by atoms with van der Waals surface area (Å²) in [7, 11) is 0. The second kappa shape index (κ2) is 9.02. The minimum atomic E-state index is -1.63. The van der Waals surface area contributed by atoms with Gasteiger partial charge < -0.3 is 25.2 Å². The molecule has 0 bridgehead atoms. The molecule has 2 aromatic carbocycles. The van der Waals surface area contributed by atoms with Gasteiger partial charge >= 0.3 is 0 Å². The van der Waals surface area contributed by atoms with Crippen molar-refractivity contribution < 1.29 is 28.5 Å². The predicted octanol–water partition coefficient (Wildman–Crippen LogP) is 3.93. The topological polar surface area (TPSA) is 82.0 Å². The molecule has 2 atom stereocenters. The van der Waals surface area contributed by atoms with Gasteiger partial charge in [-0.15, -0.1) is 0 Å². The van der Waals surface area contributed by atoms with Crippen molar-refractivity contribution in [3.63, 3.8) is 0 Å². The third kappa shape index (κ3) is 4.50. The summed E-state index contributed by atoms with van der Waals surface area (Å²) in [6.45, 7) is -0.332. The van der Waals surface area contributed by atoms with Gasteiger partial charge in [0.1, 0.15) is 29.7 Å². The molecule has 0 spiro atoms. The lowest BCUT2D eigenvalue weighted by molar-refractivity contribution is -0.116. The van der Waals surface area contributed by atoms with Crippen molar-refractivity contribution in [3.05, 3.63) is 51.5 Å². The van der Waals surface area contributed by atoms with E-state index in [1.54, 1.807) is 12.1 Å². The molecule has 32 heavy (non-hydrogen) atoms. The van der Waals surface area contributed by atoms with E-state index in [4.69, 9.17) is 27.9 Å². The summed E-state index contributed by atoms with van der Waals surface area (Å²) >= 11 is 11.9. The first kappa shape index (κ1) is 23.0. The van der Waals surface area contributed by atoms with Gasteiger partial charge in [0, 0.05) is 30.1 Å². The average Bonchev–Trinajstić information content (AvgIpc) is 2.92. The SMILES string of the molecule is O=C1CCCc2c(OC[C@]3(O)CCN(c4c(F)cc(Cl)cc4F)C[C@H]3O)ccc(Cl)c2N1. The first-order valence-corrected chi connectivity index (χ1v) is 11.0. The normalized spacial score (nSPS) is 23.4. The number of amides is 1. The summed E-state index contributed by atoms with van der Waals surface area (Å²) in [5.41, 5.74) is -0.710. The van der Waals surface area contributed by atoms with Gasteiger partial charge in [-0.2, -0.15) is 0 Å². The van der Waals surface area contributed by atoms with Gasteiger partial charge in [0.05, 0.1) is 10.7 Å². The number of nitrogens with one attached hydrogen (secondary N) is 1. The number of benzene rings is 2. The van der Waals surface area contributed by atoms with E-state index >= 15 is 0 Å². The van der Waals surface area contributed by atoms with Crippen LogP contribution in [0, 0.1) is 11.6 Å². The minimum absolute atomic E-state index is 0.0161. The van der Waals surface area contributed by atoms with Gasteiger partial charge in [0.2, 0.25) is 5.91 Å². The molecule has 2 aliphatic rings. The van der Waals surface area contributed by atoms with Crippen LogP contribution in [-0.2, 0) is 11.2 Å². The van der Waals surface area contributed by atoms with Gasteiger partial charge in [-0.3, -0.25) is 4.79 Å². The van der Waals surface area contributed by atoms with Crippen molar-refractivity contribution in [2.75, 3.05) is 29.9 Å². The molecule has 0 unspecified atom stereocenters. The lowest BCUT2D eigenvalue weighted by Gasteiger charge is -2.42. The lowest BCUT2D eigenvalue weighted by Crippen LogP contribution is -2.58.